The van der Waals surface area contributed by atoms with E-state index in [-0.39, 0.29) is 18.3 Å². The van der Waals surface area contributed by atoms with E-state index in [1.165, 1.54) is 7.11 Å². The summed E-state index contributed by atoms with van der Waals surface area (Å²) >= 11 is 0. The summed E-state index contributed by atoms with van der Waals surface area (Å²) in [5.74, 6) is 0.520. The first-order valence-corrected chi connectivity index (χ1v) is 10.1. The molecule has 0 atom stereocenters. The average Bonchev–Trinajstić information content (AvgIpc) is 2.84. The second-order valence-electron chi connectivity index (χ2n) is 6.99. The molecule has 0 fully saturated rings. The molecule has 9 heteroatoms. The Morgan fingerprint density at radius 2 is 1.67 bits per heavy atom. The highest BCUT2D eigenvalue weighted by molar-refractivity contribution is 5.97. The molecule has 0 bridgehead atoms. The fraction of sp³-hybridized carbons (Fsp3) is 0.167. The summed E-state index contributed by atoms with van der Waals surface area (Å²) in [5, 5.41) is 22.6. The molecule has 0 aliphatic heterocycles. The average molecular weight is 450 g/mol. The van der Waals surface area contributed by atoms with Gasteiger partial charge in [0.05, 0.1) is 18.5 Å². The summed E-state index contributed by atoms with van der Waals surface area (Å²) in [5.41, 5.74) is 5.08. The van der Waals surface area contributed by atoms with Crippen molar-refractivity contribution in [2.24, 2.45) is 0 Å². The van der Waals surface area contributed by atoms with Gasteiger partial charge in [0.25, 0.3) is 0 Å². The summed E-state index contributed by atoms with van der Waals surface area (Å²) in [6.07, 6.45) is 0. The molecule has 0 heterocycles. The molecule has 0 aromatic heterocycles. The molecule has 0 unspecified atom stereocenters. The molecule has 9 nitrogen and oxygen atoms in total. The molecule has 3 aromatic rings. The van der Waals surface area contributed by atoms with Crippen LogP contribution in [-0.2, 0) is 16.1 Å². The summed E-state index contributed by atoms with van der Waals surface area (Å²) in [6, 6.07) is 20.0. The Bertz CT molecular complexity index is 1090. The molecular formula is C24H26N4O5. The maximum absolute atomic E-state index is 12.2. The Balaban J connectivity index is 1.89. The Morgan fingerprint density at radius 1 is 0.970 bits per heavy atom. The second-order valence-corrected chi connectivity index (χ2v) is 6.99. The van der Waals surface area contributed by atoms with Crippen molar-refractivity contribution >= 4 is 28.8 Å². The summed E-state index contributed by atoms with van der Waals surface area (Å²) in [6.45, 7) is 0.235. The molecule has 0 saturated carbocycles. The van der Waals surface area contributed by atoms with Crippen molar-refractivity contribution in [2.75, 3.05) is 31.5 Å². The lowest BCUT2D eigenvalue weighted by Crippen LogP contribution is -2.18. The van der Waals surface area contributed by atoms with E-state index in [4.69, 9.17) is 24.8 Å². The van der Waals surface area contributed by atoms with Crippen LogP contribution in [0.3, 0.4) is 0 Å². The van der Waals surface area contributed by atoms with Crippen LogP contribution < -0.4 is 25.6 Å². The maximum Gasteiger partial charge on any atom is 0.250 e. The Hall–Kier alpha value is -4.08. The van der Waals surface area contributed by atoms with E-state index in [0.29, 0.717) is 40.7 Å². The van der Waals surface area contributed by atoms with Gasteiger partial charge in [-0.05, 0) is 29.8 Å². The summed E-state index contributed by atoms with van der Waals surface area (Å²) < 4.78 is 16.4. The minimum Gasteiger partial charge on any atom is -0.493 e. The van der Waals surface area contributed by atoms with E-state index in [1.54, 1.807) is 43.5 Å². The highest BCUT2D eigenvalue weighted by Gasteiger charge is 2.15. The Morgan fingerprint density at radius 3 is 2.30 bits per heavy atom. The lowest BCUT2D eigenvalue weighted by Gasteiger charge is -2.18. The van der Waals surface area contributed by atoms with Crippen molar-refractivity contribution in [3.8, 4) is 11.5 Å². The first-order valence-electron chi connectivity index (χ1n) is 10.1. The van der Waals surface area contributed by atoms with Crippen LogP contribution in [0.2, 0.25) is 0 Å². The lowest BCUT2D eigenvalue weighted by atomic mass is 10.1. The number of carbonyl (C=O) groups excluding carboxylic acids is 1. The number of hydrogen-bond acceptors (Lipinski definition) is 7. The smallest absolute Gasteiger partial charge is 0.250 e. The van der Waals surface area contributed by atoms with E-state index >= 15 is 0 Å². The van der Waals surface area contributed by atoms with Gasteiger partial charge in [-0.1, -0.05) is 30.3 Å². The van der Waals surface area contributed by atoms with Crippen molar-refractivity contribution in [3.63, 3.8) is 0 Å². The van der Waals surface area contributed by atoms with Gasteiger partial charge in [0.1, 0.15) is 19.0 Å². The fourth-order valence-electron chi connectivity index (χ4n) is 3.03. The van der Waals surface area contributed by atoms with Gasteiger partial charge in [-0.3, -0.25) is 20.9 Å². The number of amides is 1. The summed E-state index contributed by atoms with van der Waals surface area (Å²) in [7, 11) is 2.99. The number of hydrogen-bond donors (Lipinski definition) is 5. The van der Waals surface area contributed by atoms with Crippen molar-refractivity contribution in [1.29, 1.82) is 5.41 Å². The number of amidine groups is 1. The van der Waals surface area contributed by atoms with Crippen LogP contribution in [0.5, 0.6) is 11.5 Å². The zero-order valence-corrected chi connectivity index (χ0v) is 18.3. The van der Waals surface area contributed by atoms with Crippen LogP contribution in [0.15, 0.2) is 66.7 Å². The van der Waals surface area contributed by atoms with Gasteiger partial charge < -0.3 is 24.8 Å². The lowest BCUT2D eigenvalue weighted by molar-refractivity contribution is -0.119. The third-order valence-corrected chi connectivity index (χ3v) is 4.65. The SMILES string of the molecule is COCC(=O)Nc1cc(OCc2ccccc2)c(OC)cc1Nc1ccc(C(=N)NO)cc1. The minimum absolute atomic E-state index is 0.101. The standard InChI is InChI=1S/C24H26N4O5/c1-31-15-23(29)27-20-13-22(33-14-16-6-4-3-5-7-16)21(32-2)12-19(20)26-18-10-8-17(9-11-18)24(25)28-30/h3-13,26,30H,14-15H2,1-2H3,(H2,25,28)(H,27,29). The van der Waals surface area contributed by atoms with Crippen LogP contribution in [0.4, 0.5) is 17.1 Å². The van der Waals surface area contributed by atoms with Gasteiger partial charge >= 0.3 is 0 Å². The van der Waals surface area contributed by atoms with Crippen molar-refractivity contribution in [2.45, 2.75) is 6.61 Å². The third kappa shape index (κ3) is 6.45. The van der Waals surface area contributed by atoms with Crippen LogP contribution in [0.1, 0.15) is 11.1 Å². The Labute approximate surface area is 191 Å². The van der Waals surface area contributed by atoms with Crippen LogP contribution >= 0.6 is 0 Å². The van der Waals surface area contributed by atoms with Gasteiger partial charge in [0.2, 0.25) is 5.91 Å². The molecule has 0 aliphatic carbocycles. The van der Waals surface area contributed by atoms with E-state index < -0.39 is 0 Å². The fourth-order valence-corrected chi connectivity index (χ4v) is 3.03. The van der Waals surface area contributed by atoms with Gasteiger partial charge in [0.15, 0.2) is 11.5 Å². The topological polar surface area (TPSA) is 125 Å². The largest absolute Gasteiger partial charge is 0.493 e. The first-order chi connectivity index (χ1) is 16.0. The number of hydroxylamine groups is 1. The third-order valence-electron chi connectivity index (χ3n) is 4.65. The van der Waals surface area contributed by atoms with Gasteiger partial charge in [-0.15, -0.1) is 0 Å². The number of ether oxygens (including phenoxy) is 3. The molecular weight excluding hydrogens is 424 g/mol. The van der Waals surface area contributed by atoms with Crippen molar-refractivity contribution in [3.05, 3.63) is 77.9 Å². The predicted octanol–water partition coefficient (Wildman–Crippen LogP) is 3.91. The maximum atomic E-state index is 12.2. The van der Waals surface area contributed by atoms with E-state index in [9.17, 15) is 4.79 Å². The van der Waals surface area contributed by atoms with E-state index in [2.05, 4.69) is 10.6 Å². The number of benzene rings is 3. The highest BCUT2D eigenvalue weighted by Crippen LogP contribution is 2.38. The van der Waals surface area contributed by atoms with Crippen LogP contribution in [-0.4, -0.2) is 37.8 Å². The number of carbonyl (C=O) groups is 1. The molecule has 1 amide bonds. The van der Waals surface area contributed by atoms with Gasteiger partial charge in [-0.25, -0.2) is 0 Å². The number of methoxy groups -OCH3 is 2. The number of anilines is 3. The molecule has 172 valence electrons. The molecule has 0 radical (unpaired) electrons. The molecule has 0 aliphatic rings. The zero-order chi connectivity index (χ0) is 23.6. The van der Waals surface area contributed by atoms with Crippen LogP contribution in [0, 0.1) is 5.41 Å². The number of nitrogens with one attached hydrogen (secondary N) is 4. The molecule has 33 heavy (non-hydrogen) atoms. The van der Waals surface area contributed by atoms with Crippen molar-refractivity contribution < 1.29 is 24.2 Å². The van der Waals surface area contributed by atoms with Crippen molar-refractivity contribution in [1.82, 2.24) is 5.48 Å². The quantitative estimate of drug-likeness (QED) is 0.180. The van der Waals surface area contributed by atoms with Gasteiger partial charge in [-0.2, -0.15) is 0 Å². The van der Waals surface area contributed by atoms with E-state index in [0.717, 1.165) is 5.56 Å². The first kappa shape index (κ1) is 23.6. The number of rotatable bonds is 10. The molecule has 0 saturated heterocycles. The Kier molecular flexibility index (Phi) is 8.23. The molecule has 5 N–H and O–H groups in total. The normalized spacial score (nSPS) is 10.3. The molecule has 3 rings (SSSR count). The van der Waals surface area contributed by atoms with Gasteiger partial charge in [0, 0.05) is 30.5 Å². The highest BCUT2D eigenvalue weighted by atomic mass is 16.5. The monoisotopic (exact) mass is 450 g/mol. The molecule has 0 spiro atoms. The predicted molar refractivity (Wildman–Crippen MR) is 126 cm³/mol. The molecule has 3 aromatic carbocycles. The summed E-state index contributed by atoms with van der Waals surface area (Å²) in [4.78, 5) is 12.2. The zero-order valence-electron chi connectivity index (χ0n) is 18.3. The second kappa shape index (κ2) is 11.5. The van der Waals surface area contributed by atoms with E-state index in [1.807, 2.05) is 35.8 Å². The van der Waals surface area contributed by atoms with Crippen LogP contribution in [0.25, 0.3) is 0 Å². The minimum atomic E-state index is -0.322.